The molecule has 0 amide bonds. The maximum Gasteiger partial charge on any atom is 0.166 e. The molecule has 0 radical (unpaired) electrons. The second kappa shape index (κ2) is 12.6. The van der Waals surface area contributed by atoms with Gasteiger partial charge in [0.25, 0.3) is 0 Å². The van der Waals surface area contributed by atoms with Crippen molar-refractivity contribution in [1.29, 1.82) is 5.41 Å². The van der Waals surface area contributed by atoms with Gasteiger partial charge in [-0.05, 0) is 75.1 Å². The molecule has 0 saturated heterocycles. The Labute approximate surface area is 229 Å². The van der Waals surface area contributed by atoms with Crippen LogP contribution < -0.4 is 11.1 Å². The molecular formula is C31H38F2N4O2. The summed E-state index contributed by atoms with van der Waals surface area (Å²) in [5.41, 5.74) is 8.20. The first-order valence-electron chi connectivity index (χ1n) is 13.7. The summed E-state index contributed by atoms with van der Waals surface area (Å²) in [4.78, 5) is 17.6. The number of nitrogens with two attached hydrogens (primary N) is 1. The molecule has 208 valence electrons. The molecule has 2 unspecified atom stereocenters. The number of aromatic nitrogens is 1. The number of hydrogen-bond donors (Lipinski definition) is 3. The molecule has 0 bridgehead atoms. The summed E-state index contributed by atoms with van der Waals surface area (Å²) < 4.78 is 35.2. The quantitative estimate of drug-likeness (QED) is 0.133. The fourth-order valence-electron chi connectivity index (χ4n) is 4.90. The molecule has 1 aromatic carbocycles. The van der Waals surface area contributed by atoms with Crippen molar-refractivity contribution in [2.75, 3.05) is 11.9 Å². The number of benzene rings is 1. The van der Waals surface area contributed by atoms with Crippen LogP contribution in [0.15, 0.2) is 54.3 Å². The molecule has 2 aromatic rings. The van der Waals surface area contributed by atoms with Crippen LogP contribution in [0.25, 0.3) is 5.70 Å². The topological polar surface area (TPSA) is 101 Å². The van der Waals surface area contributed by atoms with E-state index in [9.17, 15) is 13.6 Å². The number of Topliss-reactive ketones (excluding diaryl/α,β-unsaturated/α-hetero) is 1. The molecular weight excluding hydrogens is 498 g/mol. The van der Waals surface area contributed by atoms with Crippen LogP contribution in [0.5, 0.6) is 0 Å². The molecule has 4 rings (SSSR count). The largest absolute Gasteiger partial charge is 0.398 e. The van der Waals surface area contributed by atoms with E-state index in [1.54, 1.807) is 6.20 Å². The Kier molecular flexibility index (Phi) is 9.28. The highest BCUT2D eigenvalue weighted by molar-refractivity contribution is 6.05. The molecule has 0 spiro atoms. The Balaban J connectivity index is 1.47. The average molecular weight is 537 g/mol. The minimum Gasteiger partial charge on any atom is -0.398 e. The second-order valence-corrected chi connectivity index (χ2v) is 10.8. The zero-order valence-corrected chi connectivity index (χ0v) is 22.7. The Morgan fingerprint density at radius 1 is 1.23 bits per heavy atom. The lowest BCUT2D eigenvalue weighted by Gasteiger charge is -2.23. The molecule has 2 fully saturated rings. The predicted octanol–water partition coefficient (Wildman–Crippen LogP) is 6.42. The summed E-state index contributed by atoms with van der Waals surface area (Å²) in [6, 6.07) is 7.38. The van der Waals surface area contributed by atoms with Gasteiger partial charge < -0.3 is 21.2 Å². The van der Waals surface area contributed by atoms with Gasteiger partial charge in [-0.2, -0.15) is 0 Å². The number of hydrogen-bond acceptors (Lipinski definition) is 6. The summed E-state index contributed by atoms with van der Waals surface area (Å²) in [5.74, 6) is -1.10. The number of ketones is 1. The van der Waals surface area contributed by atoms with Crippen molar-refractivity contribution in [3.05, 3.63) is 77.0 Å². The first-order chi connectivity index (χ1) is 18.7. The van der Waals surface area contributed by atoms with Crippen LogP contribution in [-0.4, -0.2) is 35.2 Å². The van der Waals surface area contributed by atoms with Gasteiger partial charge in [-0.25, -0.2) is 13.8 Å². The molecule has 0 aliphatic heterocycles. The summed E-state index contributed by atoms with van der Waals surface area (Å²) in [6.07, 6.45) is 6.78. The lowest BCUT2D eigenvalue weighted by atomic mass is 9.97. The highest BCUT2D eigenvalue weighted by atomic mass is 19.1. The standard InChI is InChI=1S/C31H38F2N4O2/c1-4-19(3)29(34)21-11-13-27(36-16-21)37-22-12-8-18(2)14-23(15-22)39-17-24(31(38)20-9-10-20)30(35)28-25(32)6-5-7-26(28)33/h5-7,11,13,16,19-20,22-23,34H,2,4,8-10,12,14-15,17,35H2,1,3H3,(H,36,37)/t19-,22?,23?/m1/s1. The Hall–Kier alpha value is -3.39. The van der Waals surface area contributed by atoms with Crippen LogP contribution in [0, 0.1) is 28.9 Å². The monoisotopic (exact) mass is 536 g/mol. The van der Waals surface area contributed by atoms with Crippen LogP contribution in [0.2, 0.25) is 0 Å². The van der Waals surface area contributed by atoms with Gasteiger partial charge in [0.1, 0.15) is 17.5 Å². The minimum absolute atomic E-state index is 0.0505. The van der Waals surface area contributed by atoms with E-state index in [0.29, 0.717) is 18.6 Å². The van der Waals surface area contributed by atoms with Gasteiger partial charge in [0.15, 0.2) is 5.78 Å². The van der Waals surface area contributed by atoms with Gasteiger partial charge in [-0.1, -0.05) is 32.1 Å². The number of nitrogens with one attached hydrogen (secondary N) is 2. The van der Waals surface area contributed by atoms with Crippen LogP contribution in [0.3, 0.4) is 0 Å². The number of carbonyl (C=O) groups is 1. The summed E-state index contributed by atoms with van der Waals surface area (Å²) in [7, 11) is 0. The highest BCUT2D eigenvalue weighted by Gasteiger charge is 2.34. The van der Waals surface area contributed by atoms with Crippen LogP contribution in [0.4, 0.5) is 14.6 Å². The van der Waals surface area contributed by atoms with Gasteiger partial charge in [-0.15, -0.1) is 0 Å². The van der Waals surface area contributed by atoms with Gasteiger partial charge in [0, 0.05) is 35.0 Å². The van der Waals surface area contributed by atoms with Gasteiger partial charge in [0.2, 0.25) is 0 Å². The van der Waals surface area contributed by atoms with Crippen LogP contribution in [0.1, 0.15) is 69.9 Å². The SMILES string of the molecule is C=C1CCC(Nc2ccc(C(=N)[C@H](C)CC)cn2)CC(OCC(C(=O)C2CC2)=C(N)c2c(F)cccc2F)C1. The predicted molar refractivity (Wildman–Crippen MR) is 150 cm³/mol. The number of anilines is 1. The highest BCUT2D eigenvalue weighted by Crippen LogP contribution is 2.35. The summed E-state index contributed by atoms with van der Waals surface area (Å²) in [6.45, 7) is 8.15. The Bertz CT molecular complexity index is 1230. The molecule has 1 aromatic heterocycles. The number of halogens is 2. The fraction of sp³-hybridized carbons (Fsp3) is 0.452. The number of carbonyl (C=O) groups excluding carboxylic acids is 1. The lowest BCUT2D eigenvalue weighted by Crippen LogP contribution is -2.27. The minimum atomic E-state index is -0.807. The third-order valence-corrected chi connectivity index (χ3v) is 7.71. The molecule has 2 saturated carbocycles. The molecule has 2 aliphatic rings. The van der Waals surface area contributed by atoms with E-state index in [1.807, 2.05) is 19.1 Å². The van der Waals surface area contributed by atoms with Crippen molar-refractivity contribution in [3.63, 3.8) is 0 Å². The third kappa shape index (κ3) is 7.18. The Morgan fingerprint density at radius 3 is 2.56 bits per heavy atom. The summed E-state index contributed by atoms with van der Waals surface area (Å²) >= 11 is 0. The fourth-order valence-corrected chi connectivity index (χ4v) is 4.90. The first kappa shape index (κ1) is 28.6. The molecule has 8 heteroatoms. The molecule has 2 aliphatic carbocycles. The Morgan fingerprint density at radius 2 is 1.95 bits per heavy atom. The van der Waals surface area contributed by atoms with E-state index in [4.69, 9.17) is 15.9 Å². The normalized spacial score (nSPS) is 21.1. The van der Waals surface area contributed by atoms with Gasteiger partial charge in [-0.3, -0.25) is 4.79 Å². The first-order valence-corrected chi connectivity index (χ1v) is 13.7. The van der Waals surface area contributed by atoms with Crippen molar-refractivity contribution < 1.29 is 18.3 Å². The molecule has 39 heavy (non-hydrogen) atoms. The molecule has 6 nitrogen and oxygen atoms in total. The molecule has 1 heterocycles. The number of rotatable bonds is 11. The van der Waals surface area contributed by atoms with Crippen molar-refractivity contribution in [3.8, 4) is 0 Å². The van der Waals surface area contributed by atoms with Gasteiger partial charge in [0.05, 0.1) is 24.0 Å². The van der Waals surface area contributed by atoms with Gasteiger partial charge >= 0.3 is 0 Å². The van der Waals surface area contributed by atoms with E-state index >= 15 is 0 Å². The lowest BCUT2D eigenvalue weighted by molar-refractivity contribution is -0.117. The zero-order chi connectivity index (χ0) is 28.1. The third-order valence-electron chi connectivity index (χ3n) is 7.71. The maximum absolute atomic E-state index is 14.5. The van der Waals surface area contributed by atoms with Crippen LogP contribution in [-0.2, 0) is 9.53 Å². The maximum atomic E-state index is 14.5. The average Bonchev–Trinajstić information content (AvgIpc) is 3.77. The van der Waals surface area contributed by atoms with Crippen molar-refractivity contribution >= 4 is 23.0 Å². The van der Waals surface area contributed by atoms with Crippen molar-refractivity contribution in [1.82, 2.24) is 4.98 Å². The van der Waals surface area contributed by atoms with Crippen molar-refractivity contribution in [2.45, 2.75) is 70.9 Å². The number of pyridine rings is 1. The van der Waals surface area contributed by atoms with Crippen molar-refractivity contribution in [2.24, 2.45) is 17.6 Å². The zero-order valence-electron chi connectivity index (χ0n) is 22.7. The molecule has 4 N–H and O–H groups in total. The van der Waals surface area contributed by atoms with E-state index < -0.39 is 11.6 Å². The summed E-state index contributed by atoms with van der Waals surface area (Å²) in [5, 5.41) is 11.8. The second-order valence-electron chi connectivity index (χ2n) is 10.8. The van der Waals surface area contributed by atoms with E-state index in [0.717, 1.165) is 61.2 Å². The smallest absolute Gasteiger partial charge is 0.166 e. The van der Waals surface area contributed by atoms with Crippen LogP contribution >= 0.6 is 0 Å². The van der Waals surface area contributed by atoms with E-state index in [1.165, 1.54) is 6.07 Å². The number of nitrogens with zero attached hydrogens (tertiary/aromatic N) is 1. The number of ether oxygens (including phenoxy) is 1. The van der Waals surface area contributed by atoms with E-state index in [2.05, 4.69) is 23.8 Å². The molecule has 3 atom stereocenters. The van der Waals surface area contributed by atoms with E-state index in [-0.39, 0.29) is 53.2 Å².